The van der Waals surface area contributed by atoms with Crippen LogP contribution in [-0.4, -0.2) is 4.98 Å². The van der Waals surface area contributed by atoms with E-state index >= 15 is 0 Å². The van der Waals surface area contributed by atoms with Crippen molar-refractivity contribution in [2.45, 2.75) is 5.41 Å². The molecule has 0 radical (unpaired) electrons. The molecule has 0 fully saturated rings. The third kappa shape index (κ3) is 1.95. The Kier molecular flexibility index (Phi) is 3.44. The molecule has 0 bridgehead atoms. The minimum atomic E-state index is -0.410. The van der Waals surface area contributed by atoms with E-state index in [9.17, 15) is 0 Å². The average molecular weight is 354 g/mol. The Bertz CT molecular complexity index is 1050. The highest BCUT2D eigenvalue weighted by Crippen LogP contribution is 2.57. The van der Waals surface area contributed by atoms with Crippen LogP contribution in [0.2, 0.25) is 5.02 Å². The van der Waals surface area contributed by atoms with Crippen LogP contribution in [0.25, 0.3) is 11.1 Å². The molecule has 1 aliphatic carbocycles. The van der Waals surface area contributed by atoms with Crippen LogP contribution in [-0.2, 0) is 5.41 Å². The maximum atomic E-state index is 6.68. The van der Waals surface area contributed by atoms with E-state index in [-0.39, 0.29) is 0 Å². The Hall–Kier alpha value is -2.90. The second kappa shape index (κ2) is 5.82. The van der Waals surface area contributed by atoms with Gasteiger partial charge in [-0.1, -0.05) is 84.4 Å². The zero-order valence-corrected chi connectivity index (χ0v) is 14.8. The summed E-state index contributed by atoms with van der Waals surface area (Å²) in [7, 11) is 0. The molecule has 1 aliphatic rings. The summed E-state index contributed by atoms with van der Waals surface area (Å²) < 4.78 is 0. The smallest absolute Gasteiger partial charge is 0.0728 e. The number of pyridine rings is 1. The summed E-state index contributed by atoms with van der Waals surface area (Å²) in [4.78, 5) is 4.44. The van der Waals surface area contributed by atoms with Gasteiger partial charge in [0.2, 0.25) is 0 Å². The van der Waals surface area contributed by atoms with Gasteiger partial charge in [0, 0.05) is 23.0 Å². The van der Waals surface area contributed by atoms with Gasteiger partial charge in [-0.05, 0) is 39.9 Å². The number of benzene rings is 3. The van der Waals surface area contributed by atoms with Gasteiger partial charge < -0.3 is 0 Å². The summed E-state index contributed by atoms with van der Waals surface area (Å²) in [6.45, 7) is 0. The number of hydrogen-bond acceptors (Lipinski definition) is 1. The molecule has 1 nitrogen and oxygen atoms in total. The van der Waals surface area contributed by atoms with Crippen LogP contribution < -0.4 is 0 Å². The van der Waals surface area contributed by atoms with Gasteiger partial charge in [0.15, 0.2) is 0 Å². The molecule has 1 heterocycles. The Morgan fingerprint density at radius 3 is 2.19 bits per heavy atom. The van der Waals surface area contributed by atoms with Gasteiger partial charge in [-0.25, -0.2) is 0 Å². The first-order valence-electron chi connectivity index (χ1n) is 8.68. The van der Waals surface area contributed by atoms with E-state index in [0.717, 1.165) is 16.1 Å². The number of hydrogen-bond donors (Lipinski definition) is 0. The molecular formula is C24H16ClN. The van der Waals surface area contributed by atoms with E-state index in [1.165, 1.54) is 22.3 Å². The van der Waals surface area contributed by atoms with Crippen molar-refractivity contribution in [1.29, 1.82) is 0 Å². The summed E-state index contributed by atoms with van der Waals surface area (Å²) in [5.41, 5.74) is 6.75. The molecule has 4 aromatic rings. The maximum absolute atomic E-state index is 6.68. The second-order valence-electron chi connectivity index (χ2n) is 6.57. The fourth-order valence-corrected chi connectivity index (χ4v) is 4.62. The van der Waals surface area contributed by atoms with E-state index in [0.29, 0.717) is 0 Å². The fraction of sp³-hybridized carbons (Fsp3) is 0.0417. The molecular weight excluding hydrogens is 338 g/mol. The molecule has 0 saturated heterocycles. The largest absolute Gasteiger partial charge is 0.264 e. The van der Waals surface area contributed by atoms with Crippen molar-refractivity contribution in [2.75, 3.05) is 0 Å². The van der Waals surface area contributed by atoms with Crippen molar-refractivity contribution in [3.63, 3.8) is 0 Å². The first-order chi connectivity index (χ1) is 12.8. The highest BCUT2D eigenvalue weighted by atomic mass is 35.5. The van der Waals surface area contributed by atoms with Crippen molar-refractivity contribution < 1.29 is 0 Å². The molecule has 0 saturated carbocycles. The van der Waals surface area contributed by atoms with Crippen LogP contribution in [0.5, 0.6) is 0 Å². The fourth-order valence-electron chi connectivity index (χ4n) is 4.34. The first kappa shape index (κ1) is 15.4. The second-order valence-corrected chi connectivity index (χ2v) is 6.97. The van der Waals surface area contributed by atoms with Crippen molar-refractivity contribution >= 4 is 11.6 Å². The molecule has 0 N–H and O–H groups in total. The van der Waals surface area contributed by atoms with Gasteiger partial charge >= 0.3 is 0 Å². The third-order valence-electron chi connectivity index (χ3n) is 5.32. The standard InChI is InChI=1S/C24H16ClN/c25-22-14-6-13-21-23(22)19-11-4-5-12-20(19)24(21,17-8-2-1-3-9-17)18-10-7-15-26-16-18/h1-16H. The van der Waals surface area contributed by atoms with Crippen molar-refractivity contribution in [3.05, 3.63) is 125 Å². The van der Waals surface area contributed by atoms with Gasteiger partial charge in [0.1, 0.15) is 0 Å². The molecule has 3 aromatic carbocycles. The maximum Gasteiger partial charge on any atom is 0.0728 e. The molecule has 1 unspecified atom stereocenters. The van der Waals surface area contributed by atoms with Crippen LogP contribution >= 0.6 is 11.6 Å². The SMILES string of the molecule is Clc1cccc2c1-c1ccccc1C2(c1ccccc1)c1cccnc1. The quantitative estimate of drug-likeness (QED) is 0.373. The first-order valence-corrected chi connectivity index (χ1v) is 9.06. The Morgan fingerprint density at radius 1 is 0.654 bits per heavy atom. The number of rotatable bonds is 2. The van der Waals surface area contributed by atoms with E-state index in [1.807, 2.05) is 30.6 Å². The third-order valence-corrected chi connectivity index (χ3v) is 5.63. The minimum Gasteiger partial charge on any atom is -0.264 e. The number of fused-ring (bicyclic) bond motifs is 3. The molecule has 1 aromatic heterocycles. The Labute approximate surface area is 157 Å². The van der Waals surface area contributed by atoms with E-state index in [1.54, 1.807) is 0 Å². The summed E-state index contributed by atoms with van der Waals surface area (Å²) in [6.07, 6.45) is 3.79. The van der Waals surface area contributed by atoms with Gasteiger partial charge in [0.05, 0.1) is 5.41 Å². The summed E-state index contributed by atoms with van der Waals surface area (Å²) >= 11 is 6.68. The number of halogens is 1. The van der Waals surface area contributed by atoms with Gasteiger partial charge in [-0.3, -0.25) is 4.98 Å². The monoisotopic (exact) mass is 353 g/mol. The summed E-state index contributed by atoms with van der Waals surface area (Å²) in [6, 6.07) is 29.6. The average Bonchev–Trinajstić information content (AvgIpc) is 3.02. The summed E-state index contributed by atoms with van der Waals surface area (Å²) in [5, 5.41) is 0.789. The molecule has 26 heavy (non-hydrogen) atoms. The predicted octanol–water partition coefficient (Wildman–Crippen LogP) is 6.10. The normalized spacial score (nSPS) is 17.6. The lowest BCUT2D eigenvalue weighted by Gasteiger charge is -2.33. The van der Waals surface area contributed by atoms with Crippen LogP contribution in [0.3, 0.4) is 0 Å². The highest BCUT2D eigenvalue weighted by Gasteiger charge is 2.46. The van der Waals surface area contributed by atoms with Crippen LogP contribution in [0.15, 0.2) is 97.3 Å². The van der Waals surface area contributed by atoms with Crippen LogP contribution in [0, 0.1) is 0 Å². The molecule has 0 aliphatic heterocycles. The predicted molar refractivity (Wildman–Crippen MR) is 107 cm³/mol. The molecule has 124 valence electrons. The Morgan fingerprint density at radius 2 is 1.38 bits per heavy atom. The highest BCUT2D eigenvalue weighted by molar-refractivity contribution is 6.34. The van der Waals surface area contributed by atoms with Crippen molar-refractivity contribution in [3.8, 4) is 11.1 Å². The topological polar surface area (TPSA) is 12.9 Å². The number of aromatic nitrogens is 1. The van der Waals surface area contributed by atoms with Crippen molar-refractivity contribution in [1.82, 2.24) is 4.98 Å². The van der Waals surface area contributed by atoms with Crippen molar-refractivity contribution in [2.24, 2.45) is 0 Å². The van der Waals surface area contributed by atoms with Gasteiger partial charge in [-0.2, -0.15) is 0 Å². The van der Waals surface area contributed by atoms with E-state index < -0.39 is 5.41 Å². The number of nitrogens with zero attached hydrogens (tertiary/aromatic N) is 1. The Balaban J connectivity index is 2.00. The molecule has 2 heteroatoms. The molecule has 0 spiro atoms. The zero-order valence-electron chi connectivity index (χ0n) is 14.1. The lowest BCUT2D eigenvalue weighted by molar-refractivity contribution is 0.763. The lowest BCUT2D eigenvalue weighted by Crippen LogP contribution is -2.28. The molecule has 0 amide bonds. The molecule has 1 atom stereocenters. The van der Waals surface area contributed by atoms with E-state index in [2.05, 4.69) is 71.7 Å². The van der Waals surface area contributed by atoms with E-state index in [4.69, 9.17) is 11.6 Å². The lowest BCUT2D eigenvalue weighted by atomic mass is 9.68. The van der Waals surface area contributed by atoms with Crippen LogP contribution in [0.4, 0.5) is 0 Å². The summed E-state index contributed by atoms with van der Waals surface area (Å²) in [5.74, 6) is 0. The zero-order chi connectivity index (χ0) is 17.6. The van der Waals surface area contributed by atoms with Gasteiger partial charge in [0.25, 0.3) is 0 Å². The van der Waals surface area contributed by atoms with Crippen LogP contribution in [0.1, 0.15) is 22.3 Å². The minimum absolute atomic E-state index is 0.410. The molecule has 5 rings (SSSR count). The van der Waals surface area contributed by atoms with Gasteiger partial charge in [-0.15, -0.1) is 0 Å².